The van der Waals surface area contributed by atoms with Gasteiger partial charge in [-0.1, -0.05) is 31.0 Å². The van der Waals surface area contributed by atoms with E-state index in [4.69, 9.17) is 9.29 Å². The molecule has 1 saturated heterocycles. The molecule has 1 fully saturated rings. The van der Waals surface area contributed by atoms with Crippen LogP contribution in [0.15, 0.2) is 47.5 Å². The zero-order valence-electron chi connectivity index (χ0n) is 16.1. The van der Waals surface area contributed by atoms with Gasteiger partial charge in [-0.25, -0.2) is 4.98 Å². The summed E-state index contributed by atoms with van der Waals surface area (Å²) < 4.78 is 48.1. The Morgan fingerprint density at radius 1 is 1.29 bits per heavy atom. The van der Waals surface area contributed by atoms with Crippen molar-refractivity contribution in [2.24, 2.45) is 0 Å². The lowest BCUT2D eigenvalue weighted by Crippen LogP contribution is -2.52. The predicted octanol–water partition coefficient (Wildman–Crippen LogP) is 3.76. The Balaban J connectivity index is 0.000000221. The second-order valence-electron chi connectivity index (χ2n) is 6.75. The molecule has 0 radical (unpaired) electrons. The Labute approximate surface area is 165 Å². The van der Waals surface area contributed by atoms with Gasteiger partial charge in [-0.05, 0) is 57.0 Å². The number of unbranched alkanes of at least 4 members (excludes halogenated alkanes) is 1. The van der Waals surface area contributed by atoms with Crippen LogP contribution < -0.4 is 10.1 Å². The molecular formula is C20H27FN2O4S. The molecule has 6 nitrogen and oxygen atoms in total. The Kier molecular flexibility index (Phi) is 8.35. The predicted molar refractivity (Wildman–Crippen MR) is 106 cm³/mol. The largest absolute Gasteiger partial charge is 0.487 e. The van der Waals surface area contributed by atoms with E-state index in [0.717, 1.165) is 37.8 Å². The van der Waals surface area contributed by atoms with Crippen molar-refractivity contribution in [3.8, 4) is 5.75 Å². The van der Waals surface area contributed by atoms with Crippen molar-refractivity contribution in [2.75, 3.05) is 6.54 Å². The molecule has 28 heavy (non-hydrogen) atoms. The van der Waals surface area contributed by atoms with Gasteiger partial charge in [0.05, 0.1) is 11.1 Å². The first kappa shape index (κ1) is 22.3. The Morgan fingerprint density at radius 3 is 2.43 bits per heavy atom. The van der Waals surface area contributed by atoms with Crippen LogP contribution >= 0.6 is 0 Å². The molecule has 0 amide bonds. The van der Waals surface area contributed by atoms with Gasteiger partial charge in [0.1, 0.15) is 11.9 Å². The number of pyridine rings is 1. The molecule has 1 unspecified atom stereocenters. The first-order valence-corrected chi connectivity index (χ1v) is 10.8. The third kappa shape index (κ3) is 7.18. The monoisotopic (exact) mass is 410 g/mol. The fourth-order valence-corrected chi connectivity index (χ4v) is 3.17. The van der Waals surface area contributed by atoms with Crippen molar-refractivity contribution in [1.29, 1.82) is 0 Å². The summed E-state index contributed by atoms with van der Waals surface area (Å²) in [5, 5.41) is 3.37. The number of hydrogen-bond donors (Lipinski definition) is 2. The maximum atomic E-state index is 12.7. The summed E-state index contributed by atoms with van der Waals surface area (Å²) in [5.41, 5.74) is 0.956. The van der Waals surface area contributed by atoms with Gasteiger partial charge in [-0.3, -0.25) is 4.55 Å². The molecule has 3 rings (SSSR count). The van der Waals surface area contributed by atoms with Gasteiger partial charge in [0.25, 0.3) is 10.1 Å². The van der Waals surface area contributed by atoms with Crippen LogP contribution in [0.3, 0.4) is 0 Å². The summed E-state index contributed by atoms with van der Waals surface area (Å²) in [6.45, 7) is 5.08. The molecule has 0 spiro atoms. The lowest BCUT2D eigenvalue weighted by Gasteiger charge is -2.35. The summed E-state index contributed by atoms with van der Waals surface area (Å²) in [7, 11) is -4.02. The smallest absolute Gasteiger partial charge is 0.294 e. The van der Waals surface area contributed by atoms with Crippen molar-refractivity contribution >= 4 is 10.1 Å². The minimum Gasteiger partial charge on any atom is -0.487 e. The first-order chi connectivity index (χ1) is 13.3. The molecule has 8 heteroatoms. The quantitative estimate of drug-likeness (QED) is 0.534. The van der Waals surface area contributed by atoms with Gasteiger partial charge < -0.3 is 10.1 Å². The van der Waals surface area contributed by atoms with E-state index >= 15 is 0 Å². The van der Waals surface area contributed by atoms with Crippen LogP contribution in [-0.2, 0) is 10.1 Å². The topological polar surface area (TPSA) is 88.5 Å². The highest BCUT2D eigenvalue weighted by Gasteiger charge is 2.27. The fourth-order valence-electron chi connectivity index (χ4n) is 2.69. The molecule has 1 aliphatic heterocycles. The number of aryl methyl sites for hydroxylation is 1. The van der Waals surface area contributed by atoms with Crippen LogP contribution in [0, 0.1) is 12.9 Å². The van der Waals surface area contributed by atoms with Gasteiger partial charge in [0.2, 0.25) is 5.95 Å². The van der Waals surface area contributed by atoms with E-state index in [0.29, 0.717) is 11.8 Å². The van der Waals surface area contributed by atoms with Crippen LogP contribution in [0.1, 0.15) is 38.2 Å². The Morgan fingerprint density at radius 2 is 1.96 bits per heavy atom. The molecule has 0 bridgehead atoms. The normalized spacial score (nSPS) is 17.1. The number of hydrogen-bond acceptors (Lipinski definition) is 5. The molecule has 2 aromatic rings. The van der Waals surface area contributed by atoms with Crippen molar-refractivity contribution in [2.45, 2.75) is 56.6 Å². The molecular weight excluding hydrogens is 383 g/mol. The van der Waals surface area contributed by atoms with Crippen LogP contribution in [0.25, 0.3) is 0 Å². The third-order valence-corrected chi connectivity index (χ3v) is 5.33. The summed E-state index contributed by atoms with van der Waals surface area (Å²) in [5.74, 6) is 0.186. The molecule has 1 aromatic heterocycles. The number of ether oxygens (including phenoxy) is 1. The van der Waals surface area contributed by atoms with E-state index in [1.165, 1.54) is 24.4 Å². The lowest BCUT2D eigenvalue weighted by atomic mass is 9.96. The van der Waals surface area contributed by atoms with Crippen molar-refractivity contribution < 1.29 is 22.1 Å². The van der Waals surface area contributed by atoms with Crippen LogP contribution in [0.4, 0.5) is 4.39 Å². The summed E-state index contributed by atoms with van der Waals surface area (Å²) in [4.78, 5) is 3.54. The number of rotatable bonds is 7. The maximum Gasteiger partial charge on any atom is 0.294 e. The maximum absolute atomic E-state index is 12.7. The zero-order valence-corrected chi connectivity index (χ0v) is 17.0. The van der Waals surface area contributed by atoms with Gasteiger partial charge in [-0.15, -0.1) is 0 Å². The number of halogens is 1. The third-order valence-electron chi connectivity index (χ3n) is 4.46. The van der Waals surface area contributed by atoms with E-state index in [1.807, 2.05) is 6.92 Å². The highest BCUT2D eigenvalue weighted by molar-refractivity contribution is 7.85. The number of nitrogens with zero attached hydrogens (tertiary/aromatic N) is 1. The minimum atomic E-state index is -4.02. The molecule has 1 aliphatic rings. The minimum absolute atomic E-state index is 0.0666. The molecule has 0 aliphatic carbocycles. The average molecular weight is 411 g/mol. The van der Waals surface area contributed by atoms with E-state index in [2.05, 4.69) is 17.2 Å². The highest BCUT2D eigenvalue weighted by atomic mass is 32.2. The number of benzene rings is 1. The van der Waals surface area contributed by atoms with Gasteiger partial charge in [0, 0.05) is 6.04 Å². The molecule has 2 atom stereocenters. The number of aromatic nitrogens is 1. The highest BCUT2D eigenvalue weighted by Crippen LogP contribution is 2.20. The van der Waals surface area contributed by atoms with Gasteiger partial charge in [0.15, 0.2) is 0 Å². The van der Waals surface area contributed by atoms with Crippen molar-refractivity contribution in [3.63, 3.8) is 0 Å². The molecule has 0 saturated carbocycles. The number of nitrogens with one attached hydrogen (secondary N) is 1. The SMILES string of the molecule is CCCCC(Oc1ccc(F)nc1)[C@@H]1CCN1.Cc1ccc(S(=O)(=O)O)cc1. The lowest BCUT2D eigenvalue weighted by molar-refractivity contribution is 0.107. The van der Waals surface area contributed by atoms with E-state index < -0.39 is 16.1 Å². The second-order valence-corrected chi connectivity index (χ2v) is 8.17. The van der Waals surface area contributed by atoms with Crippen molar-refractivity contribution in [1.82, 2.24) is 10.3 Å². The van der Waals surface area contributed by atoms with E-state index in [9.17, 15) is 12.8 Å². The van der Waals surface area contributed by atoms with Crippen LogP contribution in [-0.4, -0.2) is 36.6 Å². The first-order valence-electron chi connectivity index (χ1n) is 9.35. The molecule has 2 N–H and O–H groups in total. The fraction of sp³-hybridized carbons (Fsp3) is 0.450. The second kappa shape index (κ2) is 10.5. The molecule has 1 aromatic carbocycles. The Bertz CT molecular complexity index is 822. The zero-order chi connectivity index (χ0) is 20.6. The Hall–Kier alpha value is -2.03. The summed E-state index contributed by atoms with van der Waals surface area (Å²) in [6, 6.07) is 9.40. The van der Waals surface area contributed by atoms with Crippen LogP contribution in [0.5, 0.6) is 5.75 Å². The van der Waals surface area contributed by atoms with E-state index in [1.54, 1.807) is 18.2 Å². The average Bonchev–Trinajstić information content (AvgIpc) is 2.60. The van der Waals surface area contributed by atoms with Crippen molar-refractivity contribution in [3.05, 3.63) is 54.1 Å². The summed E-state index contributed by atoms with van der Waals surface area (Å²) in [6.07, 6.45) is 6.13. The van der Waals surface area contributed by atoms with Crippen LogP contribution in [0.2, 0.25) is 0 Å². The summed E-state index contributed by atoms with van der Waals surface area (Å²) >= 11 is 0. The standard InChI is InChI=1S/C13H19FN2O.C7H8O3S/c1-2-3-4-12(11-7-8-15-11)17-10-5-6-13(14)16-9-10;1-6-2-4-7(5-3-6)11(8,9)10/h5-6,9,11-12,15H,2-4,7-8H2,1H3;2-5H,1H3,(H,8,9,10)/t11-,12?;/m0./s1. The van der Waals surface area contributed by atoms with Gasteiger partial charge in [-0.2, -0.15) is 12.8 Å². The molecule has 154 valence electrons. The molecule has 2 heterocycles. The van der Waals surface area contributed by atoms with E-state index in [-0.39, 0.29) is 11.0 Å². The van der Waals surface area contributed by atoms with Gasteiger partial charge >= 0.3 is 0 Å².